The number of nitrogens with one attached hydrogen (secondary N) is 2. The summed E-state index contributed by atoms with van der Waals surface area (Å²) in [4.78, 5) is 27.4. The van der Waals surface area contributed by atoms with Crippen molar-refractivity contribution in [2.75, 3.05) is 18.4 Å². The van der Waals surface area contributed by atoms with Crippen LogP contribution in [-0.4, -0.2) is 35.5 Å². The lowest BCUT2D eigenvalue weighted by Gasteiger charge is -2.46. The predicted molar refractivity (Wildman–Crippen MR) is 114 cm³/mol. The molecule has 0 aromatic heterocycles. The van der Waals surface area contributed by atoms with E-state index in [1.165, 1.54) is 0 Å². The third-order valence-electron chi connectivity index (χ3n) is 5.85. The molecule has 146 valence electrons. The van der Waals surface area contributed by atoms with Crippen LogP contribution >= 0.6 is 11.6 Å². The lowest BCUT2D eigenvalue weighted by Crippen LogP contribution is -2.62. The maximum absolute atomic E-state index is 13.0. The summed E-state index contributed by atoms with van der Waals surface area (Å²) >= 11 is 6.10. The van der Waals surface area contributed by atoms with Gasteiger partial charge in [-0.15, -0.1) is 0 Å². The molecule has 1 saturated heterocycles. The summed E-state index contributed by atoms with van der Waals surface area (Å²) in [5.41, 5.74) is 1.48. The molecule has 5 nitrogen and oxygen atoms in total. The van der Waals surface area contributed by atoms with Crippen molar-refractivity contribution in [2.24, 2.45) is 0 Å². The summed E-state index contributed by atoms with van der Waals surface area (Å²) in [5.74, 6) is -0.0825. The van der Waals surface area contributed by atoms with Gasteiger partial charge in [-0.3, -0.25) is 9.59 Å². The fourth-order valence-electron chi connectivity index (χ4n) is 4.24. The molecular weight excluding hydrogens is 386 g/mol. The minimum Gasteiger partial charge on any atom is -0.362 e. The number of hydrogen-bond acceptors (Lipinski definition) is 3. The lowest BCUT2D eigenvalue weighted by atomic mass is 9.92. The SMILES string of the molecule is O=C1NC2(CCN(C(=O)c3ccc4ccccc4c3)CC2)Nc2cc(Cl)ccc21. The summed E-state index contributed by atoms with van der Waals surface area (Å²) in [6.07, 6.45) is 1.26. The Bertz CT molecular complexity index is 1140. The van der Waals surface area contributed by atoms with E-state index < -0.39 is 5.66 Å². The van der Waals surface area contributed by atoms with Crippen molar-refractivity contribution in [1.82, 2.24) is 10.2 Å². The summed E-state index contributed by atoms with van der Waals surface area (Å²) < 4.78 is 0. The molecule has 2 aliphatic heterocycles. The van der Waals surface area contributed by atoms with Crippen molar-refractivity contribution in [2.45, 2.75) is 18.5 Å². The Kier molecular flexibility index (Phi) is 4.21. The highest BCUT2D eigenvalue weighted by Gasteiger charge is 2.41. The largest absolute Gasteiger partial charge is 0.362 e. The highest BCUT2D eigenvalue weighted by molar-refractivity contribution is 6.31. The molecule has 3 aromatic carbocycles. The fraction of sp³-hybridized carbons (Fsp3) is 0.217. The summed E-state index contributed by atoms with van der Waals surface area (Å²) in [6, 6.07) is 19.1. The number of likely N-dealkylation sites (tertiary alicyclic amines) is 1. The first-order valence-corrected chi connectivity index (χ1v) is 10.1. The molecule has 5 rings (SSSR count). The van der Waals surface area contributed by atoms with Crippen molar-refractivity contribution in [3.63, 3.8) is 0 Å². The predicted octanol–water partition coefficient (Wildman–Crippen LogP) is 4.28. The maximum Gasteiger partial charge on any atom is 0.255 e. The van der Waals surface area contributed by atoms with Crippen LogP contribution in [0, 0.1) is 0 Å². The van der Waals surface area contributed by atoms with Gasteiger partial charge in [-0.1, -0.05) is 41.9 Å². The number of rotatable bonds is 1. The van der Waals surface area contributed by atoms with Crippen LogP contribution in [0.1, 0.15) is 33.6 Å². The van der Waals surface area contributed by atoms with E-state index in [1.807, 2.05) is 47.4 Å². The average Bonchev–Trinajstić information content (AvgIpc) is 2.73. The number of nitrogens with zero attached hydrogens (tertiary/aromatic N) is 1. The zero-order valence-corrected chi connectivity index (χ0v) is 16.5. The van der Waals surface area contributed by atoms with Crippen LogP contribution in [0.15, 0.2) is 60.7 Å². The molecular formula is C23H20ClN3O2. The van der Waals surface area contributed by atoms with E-state index in [9.17, 15) is 9.59 Å². The van der Waals surface area contributed by atoms with Crippen LogP contribution in [0.5, 0.6) is 0 Å². The molecule has 0 atom stereocenters. The minimum atomic E-state index is -0.547. The van der Waals surface area contributed by atoms with Gasteiger partial charge in [-0.2, -0.15) is 0 Å². The Balaban J connectivity index is 1.33. The molecule has 3 aromatic rings. The van der Waals surface area contributed by atoms with E-state index in [0.717, 1.165) is 16.5 Å². The molecule has 0 radical (unpaired) electrons. The van der Waals surface area contributed by atoms with Crippen LogP contribution in [-0.2, 0) is 0 Å². The van der Waals surface area contributed by atoms with Crippen molar-refractivity contribution >= 4 is 39.9 Å². The molecule has 1 spiro atoms. The Labute approximate surface area is 173 Å². The number of piperidine rings is 1. The molecule has 0 bridgehead atoms. The van der Waals surface area contributed by atoms with Gasteiger partial charge < -0.3 is 15.5 Å². The number of anilines is 1. The van der Waals surface area contributed by atoms with Gasteiger partial charge in [0.2, 0.25) is 0 Å². The van der Waals surface area contributed by atoms with Crippen molar-refractivity contribution in [1.29, 1.82) is 0 Å². The maximum atomic E-state index is 13.0. The van der Waals surface area contributed by atoms with E-state index in [2.05, 4.69) is 10.6 Å². The molecule has 2 aliphatic rings. The Morgan fingerprint density at radius 2 is 1.69 bits per heavy atom. The van der Waals surface area contributed by atoms with Crippen LogP contribution in [0.4, 0.5) is 5.69 Å². The zero-order chi connectivity index (χ0) is 20.0. The first kappa shape index (κ1) is 18.0. The van der Waals surface area contributed by atoms with Gasteiger partial charge in [0.1, 0.15) is 5.66 Å². The van der Waals surface area contributed by atoms with Crippen LogP contribution in [0.3, 0.4) is 0 Å². The fourth-order valence-corrected chi connectivity index (χ4v) is 4.41. The summed E-state index contributed by atoms with van der Waals surface area (Å²) in [6.45, 7) is 1.13. The molecule has 0 unspecified atom stereocenters. The van der Waals surface area contributed by atoms with Crippen LogP contribution in [0.25, 0.3) is 10.8 Å². The zero-order valence-electron chi connectivity index (χ0n) is 15.7. The van der Waals surface area contributed by atoms with Gasteiger partial charge in [0.25, 0.3) is 11.8 Å². The third kappa shape index (κ3) is 3.21. The first-order chi connectivity index (χ1) is 14.0. The summed E-state index contributed by atoms with van der Waals surface area (Å²) in [5, 5.41) is 9.32. The minimum absolute atomic E-state index is 0.0242. The van der Waals surface area contributed by atoms with Crippen molar-refractivity contribution in [3.8, 4) is 0 Å². The molecule has 2 heterocycles. The third-order valence-corrected chi connectivity index (χ3v) is 6.09. The second kappa shape index (κ2) is 6.78. The van der Waals surface area contributed by atoms with Crippen molar-refractivity contribution in [3.05, 3.63) is 76.8 Å². The number of carbonyl (C=O) groups is 2. The van der Waals surface area contributed by atoms with Gasteiger partial charge in [-0.25, -0.2) is 0 Å². The Hall–Kier alpha value is -3.05. The van der Waals surface area contributed by atoms with E-state index >= 15 is 0 Å². The second-order valence-electron chi connectivity index (χ2n) is 7.71. The highest BCUT2D eigenvalue weighted by atomic mass is 35.5. The van der Waals surface area contributed by atoms with Crippen molar-refractivity contribution < 1.29 is 9.59 Å². The van der Waals surface area contributed by atoms with Gasteiger partial charge in [-0.05, 0) is 41.1 Å². The smallest absolute Gasteiger partial charge is 0.255 e. The monoisotopic (exact) mass is 405 g/mol. The number of carbonyl (C=O) groups excluding carboxylic acids is 2. The van der Waals surface area contributed by atoms with E-state index in [-0.39, 0.29) is 11.8 Å². The average molecular weight is 406 g/mol. The van der Waals surface area contributed by atoms with E-state index in [0.29, 0.717) is 42.1 Å². The molecule has 1 fully saturated rings. The van der Waals surface area contributed by atoms with Gasteiger partial charge in [0.05, 0.1) is 11.3 Å². The molecule has 0 aliphatic carbocycles. The molecule has 6 heteroatoms. The lowest BCUT2D eigenvalue weighted by molar-refractivity contribution is 0.0640. The molecule has 0 saturated carbocycles. The number of halogens is 1. The van der Waals surface area contributed by atoms with Crippen LogP contribution in [0.2, 0.25) is 5.02 Å². The molecule has 2 amide bonds. The number of amides is 2. The molecule has 2 N–H and O–H groups in total. The topological polar surface area (TPSA) is 61.4 Å². The van der Waals surface area contributed by atoms with E-state index in [1.54, 1.807) is 18.2 Å². The number of benzene rings is 3. The first-order valence-electron chi connectivity index (χ1n) is 9.71. The number of hydrogen-bond donors (Lipinski definition) is 2. The van der Waals surface area contributed by atoms with Gasteiger partial charge >= 0.3 is 0 Å². The quantitative estimate of drug-likeness (QED) is 0.635. The standard InChI is InChI=1S/C23H20ClN3O2/c24-18-7-8-19-20(14-18)25-23(26-21(19)28)9-11-27(12-10-23)22(29)17-6-5-15-3-1-2-4-16(15)13-17/h1-8,13-14,25H,9-12H2,(H,26,28). The highest BCUT2D eigenvalue weighted by Crippen LogP contribution is 2.33. The van der Waals surface area contributed by atoms with Gasteiger partial charge in [0, 0.05) is 36.5 Å². The molecule has 29 heavy (non-hydrogen) atoms. The van der Waals surface area contributed by atoms with Gasteiger partial charge in [0.15, 0.2) is 0 Å². The second-order valence-corrected chi connectivity index (χ2v) is 8.14. The van der Waals surface area contributed by atoms with E-state index in [4.69, 9.17) is 11.6 Å². The van der Waals surface area contributed by atoms with Crippen LogP contribution < -0.4 is 10.6 Å². The Morgan fingerprint density at radius 3 is 2.48 bits per heavy atom. The normalized spacial score (nSPS) is 17.6. The number of fused-ring (bicyclic) bond motifs is 2. The Morgan fingerprint density at radius 1 is 0.931 bits per heavy atom. The summed E-state index contributed by atoms with van der Waals surface area (Å²) in [7, 11) is 0.